The summed E-state index contributed by atoms with van der Waals surface area (Å²) in [6, 6.07) is 2.75. The first-order valence-corrected chi connectivity index (χ1v) is 5.63. The van der Waals surface area contributed by atoms with E-state index in [2.05, 4.69) is 15.9 Å². The van der Waals surface area contributed by atoms with Crippen LogP contribution in [0.5, 0.6) is 0 Å². The summed E-state index contributed by atoms with van der Waals surface area (Å²) < 4.78 is 5.14. The van der Waals surface area contributed by atoms with Crippen LogP contribution in [0, 0.1) is 10.1 Å². The van der Waals surface area contributed by atoms with Crippen molar-refractivity contribution in [3.63, 3.8) is 0 Å². The highest BCUT2D eigenvalue weighted by Gasteiger charge is 2.18. The summed E-state index contributed by atoms with van der Waals surface area (Å²) in [5, 5.41) is 10.6. The lowest BCUT2D eigenvalue weighted by molar-refractivity contribution is -0.384. The van der Waals surface area contributed by atoms with Gasteiger partial charge in [-0.25, -0.2) is 0 Å². The number of carbonyl (C=O) groups excluding carboxylic acids is 1. The van der Waals surface area contributed by atoms with E-state index in [1.165, 1.54) is 12.1 Å². The first-order valence-electron chi connectivity index (χ1n) is 4.84. The van der Waals surface area contributed by atoms with E-state index in [-0.39, 0.29) is 17.8 Å². The van der Waals surface area contributed by atoms with Gasteiger partial charge in [-0.15, -0.1) is 0 Å². The second kappa shape index (κ2) is 5.62. The van der Waals surface area contributed by atoms with Crippen molar-refractivity contribution >= 4 is 33.3 Å². The van der Waals surface area contributed by atoms with Crippen LogP contribution in [-0.4, -0.2) is 17.5 Å². The molecule has 0 radical (unpaired) electrons. The van der Waals surface area contributed by atoms with Crippen LogP contribution < -0.4 is 5.73 Å². The van der Waals surface area contributed by atoms with Crippen molar-refractivity contribution in [2.24, 2.45) is 0 Å². The number of halogens is 1. The number of nitrogen functional groups attached to an aromatic ring is 1. The molecule has 0 bridgehead atoms. The predicted molar refractivity (Wildman–Crippen MR) is 65.5 cm³/mol. The van der Waals surface area contributed by atoms with E-state index in [0.29, 0.717) is 16.6 Å². The number of anilines is 1. The molecule has 1 aromatic rings. The fourth-order valence-corrected chi connectivity index (χ4v) is 1.77. The van der Waals surface area contributed by atoms with Crippen molar-refractivity contribution in [1.82, 2.24) is 0 Å². The molecule has 1 rings (SSSR count). The Morgan fingerprint density at radius 3 is 2.76 bits per heavy atom. The molecule has 0 atom stereocenters. The third-order valence-corrected chi connectivity index (χ3v) is 3.01. The first-order chi connectivity index (χ1) is 7.97. The monoisotopic (exact) mass is 302 g/mol. The minimum absolute atomic E-state index is 0.0109. The number of nitrogens with two attached hydrogens (primary N) is 1. The van der Waals surface area contributed by atoms with Crippen LogP contribution in [0.2, 0.25) is 0 Å². The van der Waals surface area contributed by atoms with Crippen LogP contribution in [0.4, 0.5) is 11.4 Å². The van der Waals surface area contributed by atoms with Crippen LogP contribution in [0.1, 0.15) is 12.5 Å². The van der Waals surface area contributed by atoms with E-state index in [1.807, 2.05) is 0 Å². The molecule has 7 heteroatoms. The number of benzene rings is 1. The summed E-state index contributed by atoms with van der Waals surface area (Å²) in [6.07, 6.45) is 0.0244. The largest absolute Gasteiger partial charge is 0.466 e. The zero-order chi connectivity index (χ0) is 13.0. The molecule has 2 N–H and O–H groups in total. The fourth-order valence-electron chi connectivity index (χ4n) is 1.29. The fraction of sp³-hybridized carbons (Fsp3) is 0.300. The molecule has 17 heavy (non-hydrogen) atoms. The molecule has 0 fully saturated rings. The molecule has 0 amide bonds. The Hall–Kier alpha value is -1.63. The maximum absolute atomic E-state index is 11.3. The van der Waals surface area contributed by atoms with Crippen LogP contribution in [0.3, 0.4) is 0 Å². The highest BCUT2D eigenvalue weighted by molar-refractivity contribution is 9.10. The van der Waals surface area contributed by atoms with Gasteiger partial charge >= 0.3 is 5.97 Å². The molecule has 0 saturated carbocycles. The topological polar surface area (TPSA) is 95.5 Å². The summed E-state index contributed by atoms with van der Waals surface area (Å²) in [5.74, 6) is -0.401. The average Bonchev–Trinajstić information content (AvgIpc) is 2.25. The van der Waals surface area contributed by atoms with Gasteiger partial charge in [-0.1, -0.05) is 6.07 Å². The average molecular weight is 303 g/mol. The minimum Gasteiger partial charge on any atom is -0.466 e. The third-order valence-electron chi connectivity index (χ3n) is 2.07. The number of hydrogen-bond acceptors (Lipinski definition) is 5. The van der Waals surface area contributed by atoms with Crippen molar-refractivity contribution in [1.29, 1.82) is 0 Å². The highest BCUT2D eigenvalue weighted by atomic mass is 79.9. The number of nitro benzene ring substituents is 1. The Balaban J connectivity index is 3.00. The van der Waals surface area contributed by atoms with E-state index in [0.717, 1.165) is 0 Å². The van der Waals surface area contributed by atoms with Crippen molar-refractivity contribution < 1.29 is 14.5 Å². The molecule has 0 heterocycles. The lowest BCUT2D eigenvalue weighted by atomic mass is 10.1. The Bertz CT molecular complexity index is 462. The van der Waals surface area contributed by atoms with Crippen LogP contribution in [0.15, 0.2) is 16.6 Å². The highest BCUT2D eigenvalue weighted by Crippen LogP contribution is 2.32. The van der Waals surface area contributed by atoms with Gasteiger partial charge in [0, 0.05) is 6.07 Å². The molecule has 6 nitrogen and oxygen atoms in total. The van der Waals surface area contributed by atoms with Crippen molar-refractivity contribution in [2.45, 2.75) is 13.3 Å². The lowest BCUT2D eigenvalue weighted by Gasteiger charge is -2.07. The molecule has 0 unspecified atom stereocenters. The van der Waals surface area contributed by atoms with Crippen molar-refractivity contribution in [3.8, 4) is 0 Å². The van der Waals surface area contributed by atoms with Gasteiger partial charge in [0.25, 0.3) is 5.69 Å². The van der Waals surface area contributed by atoms with Crippen molar-refractivity contribution in [3.05, 3.63) is 32.3 Å². The van der Waals surface area contributed by atoms with Crippen LogP contribution in [-0.2, 0) is 16.0 Å². The molecular formula is C10H11BrN2O4. The van der Waals surface area contributed by atoms with Crippen LogP contribution in [0.25, 0.3) is 0 Å². The van der Waals surface area contributed by atoms with Gasteiger partial charge < -0.3 is 10.5 Å². The molecule has 92 valence electrons. The number of ether oxygens (including phenoxy) is 1. The standard InChI is InChI=1S/C10H11BrN2O4/c1-2-17-8(14)5-6-3-4-7(13(15)16)10(12)9(6)11/h3-4H,2,5,12H2,1H3. The summed E-state index contributed by atoms with van der Waals surface area (Å²) in [7, 11) is 0. The lowest BCUT2D eigenvalue weighted by Crippen LogP contribution is -2.09. The molecule has 0 aliphatic rings. The Kier molecular flexibility index (Phi) is 4.45. The minimum atomic E-state index is -0.575. The van der Waals surface area contributed by atoms with Gasteiger partial charge in [-0.05, 0) is 28.4 Å². The number of nitrogens with zero attached hydrogens (tertiary/aromatic N) is 1. The van der Waals surface area contributed by atoms with Gasteiger partial charge in [-0.2, -0.15) is 0 Å². The zero-order valence-corrected chi connectivity index (χ0v) is 10.7. The SMILES string of the molecule is CCOC(=O)Cc1ccc([N+](=O)[O-])c(N)c1Br. The summed E-state index contributed by atoms with van der Waals surface area (Å²) >= 11 is 3.14. The van der Waals surface area contributed by atoms with Gasteiger partial charge in [0.15, 0.2) is 0 Å². The molecule has 0 aromatic heterocycles. The van der Waals surface area contributed by atoms with Gasteiger partial charge in [0.1, 0.15) is 5.69 Å². The van der Waals surface area contributed by atoms with E-state index >= 15 is 0 Å². The predicted octanol–water partition coefficient (Wildman–Crippen LogP) is 2.05. The quantitative estimate of drug-likeness (QED) is 0.397. The molecule has 0 spiro atoms. The summed E-state index contributed by atoms with van der Waals surface area (Å²) in [4.78, 5) is 21.3. The molecule has 0 saturated heterocycles. The number of rotatable bonds is 4. The first kappa shape index (κ1) is 13.4. The second-order valence-corrected chi connectivity index (χ2v) is 4.00. The zero-order valence-electron chi connectivity index (χ0n) is 9.10. The van der Waals surface area contributed by atoms with Gasteiger partial charge in [0.2, 0.25) is 0 Å². The second-order valence-electron chi connectivity index (χ2n) is 3.21. The van der Waals surface area contributed by atoms with Crippen LogP contribution >= 0.6 is 15.9 Å². The van der Waals surface area contributed by atoms with Gasteiger partial charge in [0.05, 0.1) is 22.4 Å². The molecule has 0 aliphatic carbocycles. The molecule has 1 aromatic carbocycles. The summed E-state index contributed by atoms with van der Waals surface area (Å²) in [6.45, 7) is 2.00. The Morgan fingerprint density at radius 1 is 1.59 bits per heavy atom. The Labute approximate surface area is 106 Å². The van der Waals surface area contributed by atoms with E-state index in [9.17, 15) is 14.9 Å². The third kappa shape index (κ3) is 3.16. The molecule has 0 aliphatic heterocycles. The Morgan fingerprint density at radius 2 is 2.24 bits per heavy atom. The summed E-state index contributed by atoms with van der Waals surface area (Å²) in [5.41, 5.74) is 5.98. The van der Waals surface area contributed by atoms with Crippen molar-refractivity contribution in [2.75, 3.05) is 12.3 Å². The molecular weight excluding hydrogens is 292 g/mol. The number of esters is 1. The normalized spacial score (nSPS) is 10.0. The number of hydrogen-bond donors (Lipinski definition) is 1. The van der Waals surface area contributed by atoms with E-state index in [1.54, 1.807) is 6.92 Å². The van der Waals surface area contributed by atoms with E-state index < -0.39 is 10.9 Å². The number of carbonyl (C=O) groups is 1. The smallest absolute Gasteiger partial charge is 0.310 e. The van der Waals surface area contributed by atoms with Gasteiger partial charge in [-0.3, -0.25) is 14.9 Å². The maximum atomic E-state index is 11.3. The van der Waals surface area contributed by atoms with E-state index in [4.69, 9.17) is 10.5 Å². The number of nitro groups is 1. The maximum Gasteiger partial charge on any atom is 0.310 e.